The van der Waals surface area contributed by atoms with Crippen LogP contribution in [0.25, 0.3) is 10.9 Å². The molecule has 3 heterocycles. The summed E-state index contributed by atoms with van der Waals surface area (Å²) in [4.78, 5) is 14.8. The van der Waals surface area contributed by atoms with Gasteiger partial charge in [-0.15, -0.1) is 0 Å². The number of carbonyl (C=O) groups is 1. The highest BCUT2D eigenvalue weighted by atomic mass is 16.2. The Morgan fingerprint density at radius 3 is 3.00 bits per heavy atom. The zero-order chi connectivity index (χ0) is 15.8. The molecule has 0 saturated carbocycles. The second kappa shape index (κ2) is 5.57. The van der Waals surface area contributed by atoms with Crippen molar-refractivity contribution in [3.63, 3.8) is 0 Å². The minimum atomic E-state index is 0.165. The van der Waals surface area contributed by atoms with Crippen LogP contribution in [0.1, 0.15) is 24.4 Å². The first-order valence-corrected chi connectivity index (χ1v) is 8.04. The van der Waals surface area contributed by atoms with Gasteiger partial charge in [-0.2, -0.15) is 5.10 Å². The smallest absolute Gasteiger partial charge is 0.243 e. The highest BCUT2D eigenvalue weighted by molar-refractivity contribution is 5.83. The summed E-state index contributed by atoms with van der Waals surface area (Å²) in [7, 11) is 1.91. The van der Waals surface area contributed by atoms with Crippen LogP contribution in [0.15, 0.2) is 48.9 Å². The van der Waals surface area contributed by atoms with Crippen molar-refractivity contribution in [2.24, 2.45) is 7.05 Å². The van der Waals surface area contributed by atoms with Gasteiger partial charge in [0.25, 0.3) is 0 Å². The van der Waals surface area contributed by atoms with Crippen molar-refractivity contribution < 1.29 is 4.79 Å². The molecule has 1 aliphatic heterocycles. The van der Waals surface area contributed by atoms with Crippen molar-refractivity contribution >= 4 is 16.8 Å². The standard InChI is InChI=1S/C18H20N4O/c1-20-12-15(11-19-20)17-7-4-9-22(17)18(23)13-21-10-8-14-5-2-3-6-16(14)21/h2-3,5-6,8,10-12,17H,4,7,9,13H2,1H3. The molecule has 4 rings (SSSR count). The van der Waals surface area contributed by atoms with Crippen molar-refractivity contribution in [3.05, 3.63) is 54.5 Å². The van der Waals surface area contributed by atoms with E-state index in [1.54, 1.807) is 4.68 Å². The Balaban J connectivity index is 1.56. The molecule has 1 aromatic carbocycles. The highest BCUT2D eigenvalue weighted by Crippen LogP contribution is 2.32. The van der Waals surface area contributed by atoms with Gasteiger partial charge in [0.05, 0.1) is 12.2 Å². The second-order valence-electron chi connectivity index (χ2n) is 6.19. The first-order valence-electron chi connectivity index (χ1n) is 8.04. The molecule has 1 atom stereocenters. The van der Waals surface area contributed by atoms with Gasteiger partial charge in [0, 0.05) is 37.1 Å². The SMILES string of the molecule is Cn1cc(C2CCCN2C(=O)Cn2ccc3ccccc32)cn1. The average Bonchev–Trinajstić information content (AvgIpc) is 3.26. The Bertz CT molecular complexity index is 847. The molecular weight excluding hydrogens is 288 g/mol. The molecule has 118 valence electrons. The van der Waals surface area contributed by atoms with Gasteiger partial charge < -0.3 is 9.47 Å². The van der Waals surface area contributed by atoms with Gasteiger partial charge in [0.15, 0.2) is 0 Å². The summed E-state index contributed by atoms with van der Waals surface area (Å²) < 4.78 is 3.84. The van der Waals surface area contributed by atoms with Crippen molar-refractivity contribution in [2.45, 2.75) is 25.4 Å². The summed E-state index contributed by atoms with van der Waals surface area (Å²) >= 11 is 0. The first kappa shape index (κ1) is 14.1. The lowest BCUT2D eigenvalue weighted by Crippen LogP contribution is -2.33. The normalized spacial score (nSPS) is 18.0. The number of aromatic nitrogens is 3. The number of carbonyl (C=O) groups excluding carboxylic acids is 1. The lowest BCUT2D eigenvalue weighted by atomic mass is 10.1. The maximum Gasteiger partial charge on any atom is 0.243 e. The number of rotatable bonds is 3. The van der Waals surface area contributed by atoms with Crippen molar-refractivity contribution in [1.82, 2.24) is 19.2 Å². The molecule has 2 aromatic heterocycles. The van der Waals surface area contributed by atoms with Crippen LogP contribution in [0, 0.1) is 0 Å². The first-order chi connectivity index (χ1) is 11.2. The van der Waals surface area contributed by atoms with E-state index < -0.39 is 0 Å². The van der Waals surface area contributed by atoms with E-state index >= 15 is 0 Å². The molecular formula is C18H20N4O. The summed E-state index contributed by atoms with van der Waals surface area (Å²) in [5.41, 5.74) is 2.24. The number of nitrogens with zero attached hydrogens (tertiary/aromatic N) is 4. The molecule has 23 heavy (non-hydrogen) atoms. The average molecular weight is 308 g/mol. The number of fused-ring (bicyclic) bond motifs is 1. The minimum Gasteiger partial charge on any atom is -0.338 e. The predicted octanol–water partition coefficient (Wildman–Crippen LogP) is 2.74. The lowest BCUT2D eigenvalue weighted by molar-refractivity contribution is -0.132. The molecule has 5 nitrogen and oxygen atoms in total. The number of hydrogen-bond donors (Lipinski definition) is 0. The molecule has 1 amide bonds. The highest BCUT2D eigenvalue weighted by Gasteiger charge is 2.30. The van der Waals surface area contributed by atoms with E-state index in [0.717, 1.165) is 30.5 Å². The number of aryl methyl sites for hydroxylation is 1. The summed E-state index contributed by atoms with van der Waals surface area (Å²) in [5, 5.41) is 5.42. The molecule has 0 N–H and O–H groups in total. The molecule has 1 aliphatic rings. The summed E-state index contributed by atoms with van der Waals surface area (Å²) in [6.45, 7) is 1.22. The zero-order valence-electron chi connectivity index (χ0n) is 13.2. The quantitative estimate of drug-likeness (QED) is 0.746. The van der Waals surface area contributed by atoms with Crippen molar-refractivity contribution in [3.8, 4) is 0 Å². The topological polar surface area (TPSA) is 43.1 Å². The molecule has 0 spiro atoms. The van der Waals surface area contributed by atoms with Crippen molar-refractivity contribution in [2.75, 3.05) is 6.54 Å². The largest absolute Gasteiger partial charge is 0.338 e. The third-order valence-electron chi connectivity index (χ3n) is 4.67. The van der Waals surface area contributed by atoms with E-state index in [-0.39, 0.29) is 11.9 Å². The van der Waals surface area contributed by atoms with Gasteiger partial charge in [-0.05, 0) is 30.4 Å². The van der Waals surface area contributed by atoms with Crippen LogP contribution in [0.4, 0.5) is 0 Å². The number of para-hydroxylation sites is 1. The van der Waals surface area contributed by atoms with Gasteiger partial charge in [0.2, 0.25) is 5.91 Å². The number of hydrogen-bond acceptors (Lipinski definition) is 2. The van der Waals surface area contributed by atoms with E-state index in [1.807, 2.05) is 47.2 Å². The third kappa shape index (κ3) is 2.52. The van der Waals surface area contributed by atoms with Crippen LogP contribution in [0.5, 0.6) is 0 Å². The Kier molecular flexibility index (Phi) is 3.41. The van der Waals surface area contributed by atoms with Crippen LogP contribution in [-0.4, -0.2) is 31.7 Å². The van der Waals surface area contributed by atoms with Crippen LogP contribution < -0.4 is 0 Å². The van der Waals surface area contributed by atoms with Crippen LogP contribution in [0.2, 0.25) is 0 Å². The number of benzene rings is 1. The molecule has 5 heteroatoms. The van der Waals surface area contributed by atoms with Gasteiger partial charge in [-0.25, -0.2) is 0 Å². The Labute approximate surface area is 135 Å². The fraction of sp³-hybridized carbons (Fsp3) is 0.333. The van der Waals surface area contributed by atoms with Gasteiger partial charge in [-0.3, -0.25) is 9.48 Å². The Morgan fingerprint density at radius 2 is 2.17 bits per heavy atom. The molecule has 0 aliphatic carbocycles. The minimum absolute atomic E-state index is 0.165. The number of amides is 1. The Morgan fingerprint density at radius 1 is 1.30 bits per heavy atom. The molecule has 0 bridgehead atoms. The van der Waals surface area contributed by atoms with E-state index in [1.165, 1.54) is 5.39 Å². The van der Waals surface area contributed by atoms with Gasteiger partial charge >= 0.3 is 0 Å². The third-order valence-corrected chi connectivity index (χ3v) is 4.67. The van der Waals surface area contributed by atoms with Gasteiger partial charge in [0.1, 0.15) is 6.54 Å². The summed E-state index contributed by atoms with van der Waals surface area (Å²) in [6, 6.07) is 10.4. The summed E-state index contributed by atoms with van der Waals surface area (Å²) in [5.74, 6) is 0.178. The predicted molar refractivity (Wildman–Crippen MR) is 88.8 cm³/mol. The molecule has 0 radical (unpaired) electrons. The maximum absolute atomic E-state index is 12.8. The van der Waals surface area contributed by atoms with E-state index in [9.17, 15) is 4.79 Å². The van der Waals surface area contributed by atoms with Crippen LogP contribution >= 0.6 is 0 Å². The van der Waals surface area contributed by atoms with Crippen molar-refractivity contribution in [1.29, 1.82) is 0 Å². The molecule has 1 fully saturated rings. The van der Waals surface area contributed by atoms with Crippen LogP contribution in [-0.2, 0) is 18.4 Å². The number of likely N-dealkylation sites (tertiary alicyclic amines) is 1. The monoisotopic (exact) mass is 308 g/mol. The van der Waals surface area contributed by atoms with E-state index in [4.69, 9.17) is 0 Å². The summed E-state index contributed by atoms with van der Waals surface area (Å²) in [6.07, 6.45) is 7.96. The molecule has 1 unspecified atom stereocenters. The lowest BCUT2D eigenvalue weighted by Gasteiger charge is -2.24. The maximum atomic E-state index is 12.8. The molecule has 3 aromatic rings. The van der Waals surface area contributed by atoms with E-state index in [2.05, 4.69) is 23.3 Å². The van der Waals surface area contributed by atoms with E-state index in [0.29, 0.717) is 6.54 Å². The fourth-order valence-electron chi connectivity index (χ4n) is 3.54. The van der Waals surface area contributed by atoms with Crippen LogP contribution in [0.3, 0.4) is 0 Å². The molecule has 1 saturated heterocycles. The Hall–Kier alpha value is -2.56. The second-order valence-corrected chi connectivity index (χ2v) is 6.19. The van der Waals surface area contributed by atoms with Gasteiger partial charge in [-0.1, -0.05) is 18.2 Å². The fourth-order valence-corrected chi connectivity index (χ4v) is 3.54. The zero-order valence-corrected chi connectivity index (χ0v) is 13.2.